The molecule has 0 saturated heterocycles. The Morgan fingerprint density at radius 3 is 2.61 bits per heavy atom. The van der Waals surface area contributed by atoms with Crippen LogP contribution in [-0.4, -0.2) is 26.7 Å². The van der Waals surface area contributed by atoms with E-state index in [2.05, 4.69) is 4.98 Å². The molecule has 0 spiro atoms. The number of aliphatic hydroxyl groups excluding tert-OH is 1. The summed E-state index contributed by atoms with van der Waals surface area (Å²) in [6.45, 7) is 4.02. The quantitative estimate of drug-likeness (QED) is 0.723. The molecule has 28 heavy (non-hydrogen) atoms. The number of Topliss-reactive ketones (excluding diaryl/α,β-unsaturated/α-hetero) is 1. The van der Waals surface area contributed by atoms with Gasteiger partial charge in [0.25, 0.3) is 5.91 Å². The molecular weight excluding hydrogens is 399 g/mol. The maximum atomic E-state index is 12.9. The van der Waals surface area contributed by atoms with E-state index in [1.54, 1.807) is 36.7 Å². The molecule has 5 nitrogen and oxygen atoms in total. The van der Waals surface area contributed by atoms with Crippen LogP contribution in [0.4, 0.5) is 0 Å². The fourth-order valence-electron chi connectivity index (χ4n) is 3.30. The molecule has 1 N–H and O–H groups in total. The molecule has 0 saturated carbocycles. The molecule has 146 valence electrons. The fraction of sp³-hybridized carbons (Fsp3) is 0.286. The van der Waals surface area contributed by atoms with Crippen molar-refractivity contribution in [1.82, 2.24) is 9.88 Å². The normalized spacial score (nSPS) is 17.0. The number of rotatable bonds is 6. The molecule has 7 heteroatoms. The molecular formula is C21H20Cl2N2O3. The van der Waals surface area contributed by atoms with Crippen molar-refractivity contribution >= 4 is 34.9 Å². The Labute approximate surface area is 173 Å². The lowest BCUT2D eigenvalue weighted by molar-refractivity contribution is -0.130. The molecule has 1 aromatic heterocycles. The Balaban J connectivity index is 2.07. The molecule has 1 atom stereocenters. The summed E-state index contributed by atoms with van der Waals surface area (Å²) in [4.78, 5) is 31.2. The number of hydrogen-bond acceptors (Lipinski definition) is 4. The Kier molecular flexibility index (Phi) is 6.06. The number of benzene rings is 1. The van der Waals surface area contributed by atoms with Gasteiger partial charge < -0.3 is 10.0 Å². The molecule has 1 aromatic carbocycles. The van der Waals surface area contributed by atoms with Crippen LogP contribution in [0.3, 0.4) is 0 Å². The number of hydrogen-bond donors (Lipinski definition) is 1. The number of ketones is 1. The second kappa shape index (κ2) is 8.33. The summed E-state index contributed by atoms with van der Waals surface area (Å²) in [6, 6.07) is 7.81. The Morgan fingerprint density at radius 2 is 2.00 bits per heavy atom. The molecule has 1 amide bonds. The van der Waals surface area contributed by atoms with Gasteiger partial charge in [0.05, 0.1) is 21.7 Å². The Hall–Kier alpha value is -2.37. The zero-order chi connectivity index (χ0) is 20.4. The van der Waals surface area contributed by atoms with Crippen molar-refractivity contribution in [2.24, 2.45) is 5.92 Å². The first kappa shape index (κ1) is 20.4. The lowest BCUT2D eigenvalue weighted by Gasteiger charge is -2.27. The summed E-state index contributed by atoms with van der Waals surface area (Å²) in [5, 5.41) is 11.2. The lowest BCUT2D eigenvalue weighted by Crippen LogP contribution is -2.30. The molecule has 1 aliphatic heterocycles. The van der Waals surface area contributed by atoms with Crippen LogP contribution in [0.15, 0.2) is 54.1 Å². The number of carbonyl (C=O) groups is 2. The predicted molar refractivity (Wildman–Crippen MR) is 108 cm³/mol. The van der Waals surface area contributed by atoms with Gasteiger partial charge in [0.2, 0.25) is 0 Å². The number of pyridine rings is 1. The van der Waals surface area contributed by atoms with Crippen molar-refractivity contribution in [1.29, 1.82) is 0 Å². The summed E-state index contributed by atoms with van der Waals surface area (Å²) in [5.74, 6) is -1.27. The van der Waals surface area contributed by atoms with Crippen molar-refractivity contribution in [3.05, 3.63) is 75.2 Å². The van der Waals surface area contributed by atoms with Crippen LogP contribution in [0, 0.1) is 5.92 Å². The predicted octanol–water partition coefficient (Wildman–Crippen LogP) is 4.90. The molecule has 1 unspecified atom stereocenters. The number of aromatic nitrogens is 1. The van der Waals surface area contributed by atoms with E-state index >= 15 is 0 Å². The van der Waals surface area contributed by atoms with Gasteiger partial charge in [-0.25, -0.2) is 0 Å². The van der Waals surface area contributed by atoms with Gasteiger partial charge in [0.15, 0.2) is 11.5 Å². The molecule has 1 aliphatic rings. The largest absolute Gasteiger partial charge is 0.503 e. The Morgan fingerprint density at radius 1 is 1.25 bits per heavy atom. The van der Waals surface area contributed by atoms with Gasteiger partial charge in [-0.05, 0) is 35.2 Å². The van der Waals surface area contributed by atoms with E-state index in [4.69, 9.17) is 23.2 Å². The van der Waals surface area contributed by atoms with E-state index in [0.29, 0.717) is 15.6 Å². The minimum atomic E-state index is -0.742. The molecule has 2 heterocycles. The van der Waals surface area contributed by atoms with Crippen LogP contribution in [0.1, 0.15) is 37.4 Å². The van der Waals surface area contributed by atoms with E-state index in [1.807, 2.05) is 19.9 Å². The zero-order valence-corrected chi connectivity index (χ0v) is 17.0. The van der Waals surface area contributed by atoms with Crippen molar-refractivity contribution in [3.8, 4) is 0 Å². The average Bonchev–Trinajstić information content (AvgIpc) is 2.89. The van der Waals surface area contributed by atoms with Gasteiger partial charge in [-0.2, -0.15) is 0 Å². The van der Waals surface area contributed by atoms with E-state index < -0.39 is 17.7 Å². The van der Waals surface area contributed by atoms with E-state index in [0.717, 1.165) is 5.56 Å². The van der Waals surface area contributed by atoms with Crippen LogP contribution < -0.4 is 0 Å². The summed E-state index contributed by atoms with van der Waals surface area (Å²) in [6.07, 6.45) is 3.51. The summed E-state index contributed by atoms with van der Waals surface area (Å²) in [5.41, 5.74) is 1.50. The SMILES string of the molecule is CC(C)CC(=O)C1=C(O)C(=O)N(Cc2cccnc2)C1c1ccc(Cl)c(Cl)c1. The lowest BCUT2D eigenvalue weighted by atomic mass is 9.92. The van der Waals surface area contributed by atoms with E-state index in [-0.39, 0.29) is 30.2 Å². The van der Waals surface area contributed by atoms with Crippen molar-refractivity contribution < 1.29 is 14.7 Å². The molecule has 0 bridgehead atoms. The number of carbonyl (C=O) groups excluding carboxylic acids is 2. The molecule has 3 rings (SSSR count). The standard InChI is InChI=1S/C21H20Cl2N2O3/c1-12(2)8-17(26)18-19(14-5-6-15(22)16(23)9-14)25(21(28)20(18)27)11-13-4-3-7-24-10-13/h3-7,9-10,12,19,27H,8,11H2,1-2H3. The highest BCUT2D eigenvalue weighted by molar-refractivity contribution is 6.42. The molecule has 0 radical (unpaired) electrons. The first-order valence-corrected chi connectivity index (χ1v) is 9.66. The van der Waals surface area contributed by atoms with Gasteiger partial charge >= 0.3 is 0 Å². The number of halogens is 2. The van der Waals surface area contributed by atoms with Crippen LogP contribution in [-0.2, 0) is 16.1 Å². The third-order valence-corrected chi connectivity index (χ3v) is 5.27. The minimum absolute atomic E-state index is 0.0877. The Bertz CT molecular complexity index is 942. The number of aliphatic hydroxyl groups is 1. The second-order valence-electron chi connectivity index (χ2n) is 7.15. The summed E-state index contributed by atoms with van der Waals surface area (Å²) >= 11 is 12.2. The summed E-state index contributed by atoms with van der Waals surface area (Å²) < 4.78 is 0. The average molecular weight is 419 g/mol. The topological polar surface area (TPSA) is 70.5 Å². The maximum absolute atomic E-state index is 12.9. The van der Waals surface area contributed by atoms with Gasteiger partial charge in [0.1, 0.15) is 0 Å². The number of nitrogens with zero attached hydrogens (tertiary/aromatic N) is 2. The highest BCUT2D eigenvalue weighted by atomic mass is 35.5. The summed E-state index contributed by atoms with van der Waals surface area (Å²) in [7, 11) is 0. The van der Waals surface area contributed by atoms with Crippen molar-refractivity contribution in [2.45, 2.75) is 32.9 Å². The first-order chi connectivity index (χ1) is 13.3. The van der Waals surface area contributed by atoms with Crippen molar-refractivity contribution in [2.75, 3.05) is 0 Å². The van der Waals surface area contributed by atoms with Gasteiger partial charge in [-0.3, -0.25) is 14.6 Å². The van der Waals surface area contributed by atoms with Crippen LogP contribution >= 0.6 is 23.2 Å². The number of amides is 1. The van der Waals surface area contributed by atoms with E-state index in [1.165, 1.54) is 4.90 Å². The fourth-order valence-corrected chi connectivity index (χ4v) is 3.61. The van der Waals surface area contributed by atoms with Crippen LogP contribution in [0.2, 0.25) is 10.0 Å². The van der Waals surface area contributed by atoms with Gasteiger partial charge in [-0.1, -0.05) is 49.2 Å². The third-order valence-electron chi connectivity index (χ3n) is 4.53. The minimum Gasteiger partial charge on any atom is -0.503 e. The highest BCUT2D eigenvalue weighted by Gasteiger charge is 2.43. The molecule has 0 fully saturated rings. The monoisotopic (exact) mass is 418 g/mol. The highest BCUT2D eigenvalue weighted by Crippen LogP contribution is 2.41. The smallest absolute Gasteiger partial charge is 0.290 e. The van der Waals surface area contributed by atoms with Crippen LogP contribution in [0.25, 0.3) is 0 Å². The molecule has 0 aliphatic carbocycles. The zero-order valence-electron chi connectivity index (χ0n) is 15.5. The van der Waals surface area contributed by atoms with Crippen molar-refractivity contribution in [3.63, 3.8) is 0 Å². The van der Waals surface area contributed by atoms with Gasteiger partial charge in [0, 0.05) is 25.4 Å². The van der Waals surface area contributed by atoms with Gasteiger partial charge in [-0.15, -0.1) is 0 Å². The van der Waals surface area contributed by atoms with Crippen LogP contribution in [0.5, 0.6) is 0 Å². The maximum Gasteiger partial charge on any atom is 0.290 e. The first-order valence-electron chi connectivity index (χ1n) is 8.90. The van der Waals surface area contributed by atoms with E-state index in [9.17, 15) is 14.7 Å². The second-order valence-corrected chi connectivity index (χ2v) is 7.97. The third kappa shape index (κ3) is 4.05. The molecule has 2 aromatic rings.